The number of hydrogen-bond donors (Lipinski definition) is 1. The average molecular weight is 403 g/mol. The standard InChI is InChI=1S/C20H19ClN2O5/c1-12-16(9-22)19(25)23(10-15-3-2-8-27-15)20(26)18(12)17(24)11-28-14-6-4-13(21)5-7-14/h4-7,15,26H,2-3,8,10-11H2,1H3. The van der Waals surface area contributed by atoms with Gasteiger partial charge in [0.2, 0.25) is 11.7 Å². The van der Waals surface area contributed by atoms with Gasteiger partial charge in [-0.1, -0.05) is 11.6 Å². The Kier molecular flexibility index (Phi) is 6.02. The van der Waals surface area contributed by atoms with Crippen LogP contribution in [-0.2, 0) is 11.3 Å². The Labute approximate surface area is 166 Å². The molecule has 1 saturated heterocycles. The van der Waals surface area contributed by atoms with E-state index >= 15 is 0 Å². The van der Waals surface area contributed by atoms with E-state index in [1.165, 1.54) is 6.92 Å². The lowest BCUT2D eigenvalue weighted by Crippen LogP contribution is -2.31. The molecule has 0 bridgehead atoms. The molecule has 0 amide bonds. The first-order chi connectivity index (χ1) is 13.4. The van der Waals surface area contributed by atoms with Crippen LogP contribution in [0.5, 0.6) is 11.6 Å². The molecule has 146 valence electrons. The highest BCUT2D eigenvalue weighted by molar-refractivity contribution is 6.30. The van der Waals surface area contributed by atoms with Gasteiger partial charge >= 0.3 is 0 Å². The number of nitrogens with zero attached hydrogens (tertiary/aromatic N) is 2. The summed E-state index contributed by atoms with van der Waals surface area (Å²) in [5.74, 6) is -0.577. The highest BCUT2D eigenvalue weighted by Gasteiger charge is 2.26. The Morgan fingerprint density at radius 2 is 2.14 bits per heavy atom. The molecule has 0 saturated carbocycles. The van der Waals surface area contributed by atoms with Crippen molar-refractivity contribution in [2.75, 3.05) is 13.2 Å². The molecule has 1 aliphatic rings. The predicted molar refractivity (Wildman–Crippen MR) is 102 cm³/mol. The van der Waals surface area contributed by atoms with Gasteiger partial charge in [0.05, 0.1) is 18.2 Å². The average Bonchev–Trinajstić information content (AvgIpc) is 3.18. The summed E-state index contributed by atoms with van der Waals surface area (Å²) in [5, 5.41) is 20.6. The van der Waals surface area contributed by atoms with E-state index < -0.39 is 17.2 Å². The number of rotatable bonds is 6. The van der Waals surface area contributed by atoms with Crippen molar-refractivity contribution in [3.05, 3.63) is 56.3 Å². The van der Waals surface area contributed by atoms with Gasteiger partial charge in [0.1, 0.15) is 17.4 Å². The first-order valence-electron chi connectivity index (χ1n) is 8.82. The third-order valence-corrected chi connectivity index (χ3v) is 4.92. The molecule has 1 fully saturated rings. The van der Waals surface area contributed by atoms with E-state index in [1.54, 1.807) is 24.3 Å². The molecule has 2 heterocycles. The highest BCUT2D eigenvalue weighted by atomic mass is 35.5. The molecule has 0 radical (unpaired) electrons. The van der Waals surface area contributed by atoms with E-state index in [0.717, 1.165) is 17.4 Å². The SMILES string of the molecule is Cc1c(C(=O)COc2ccc(Cl)cc2)c(O)n(CC2CCCO2)c(=O)c1C#N. The summed E-state index contributed by atoms with van der Waals surface area (Å²) < 4.78 is 12.0. The van der Waals surface area contributed by atoms with Crippen LogP contribution < -0.4 is 10.3 Å². The van der Waals surface area contributed by atoms with Crippen LogP contribution in [0.25, 0.3) is 0 Å². The van der Waals surface area contributed by atoms with Crippen molar-refractivity contribution in [1.29, 1.82) is 5.26 Å². The maximum Gasteiger partial charge on any atom is 0.271 e. The third kappa shape index (κ3) is 4.03. The van der Waals surface area contributed by atoms with Gasteiger partial charge in [-0.25, -0.2) is 0 Å². The van der Waals surface area contributed by atoms with Gasteiger partial charge < -0.3 is 14.6 Å². The van der Waals surface area contributed by atoms with E-state index in [4.69, 9.17) is 21.1 Å². The second-order valence-corrected chi connectivity index (χ2v) is 6.96. The summed E-state index contributed by atoms with van der Waals surface area (Å²) >= 11 is 5.82. The summed E-state index contributed by atoms with van der Waals surface area (Å²) in [5.41, 5.74) is -0.768. The lowest BCUT2D eigenvalue weighted by atomic mass is 10.0. The minimum atomic E-state index is -0.636. The van der Waals surface area contributed by atoms with Gasteiger partial charge in [0.25, 0.3) is 5.56 Å². The first-order valence-corrected chi connectivity index (χ1v) is 9.19. The maximum atomic E-state index is 12.7. The van der Waals surface area contributed by atoms with Crippen molar-refractivity contribution in [2.45, 2.75) is 32.4 Å². The van der Waals surface area contributed by atoms with Crippen molar-refractivity contribution in [2.24, 2.45) is 0 Å². The zero-order valence-electron chi connectivity index (χ0n) is 15.3. The number of carbonyl (C=O) groups excluding carboxylic acids is 1. The molecule has 7 nitrogen and oxygen atoms in total. The molecule has 0 aliphatic carbocycles. The second-order valence-electron chi connectivity index (χ2n) is 6.53. The van der Waals surface area contributed by atoms with Crippen LogP contribution in [0.1, 0.15) is 34.3 Å². The third-order valence-electron chi connectivity index (χ3n) is 4.67. The molecule has 1 N–H and O–H groups in total. The van der Waals surface area contributed by atoms with Crippen molar-refractivity contribution in [1.82, 2.24) is 4.57 Å². The van der Waals surface area contributed by atoms with Crippen molar-refractivity contribution in [3.8, 4) is 17.7 Å². The number of pyridine rings is 1. The molecule has 1 aliphatic heterocycles. The van der Waals surface area contributed by atoms with E-state index in [0.29, 0.717) is 17.4 Å². The Hall–Kier alpha value is -2.82. The molecule has 1 atom stereocenters. The summed E-state index contributed by atoms with van der Waals surface area (Å²) in [6.07, 6.45) is 1.36. The highest BCUT2D eigenvalue weighted by Crippen LogP contribution is 2.25. The van der Waals surface area contributed by atoms with E-state index in [1.807, 2.05) is 6.07 Å². The quantitative estimate of drug-likeness (QED) is 0.745. The van der Waals surface area contributed by atoms with Gasteiger partial charge in [-0.2, -0.15) is 5.26 Å². The number of Topliss-reactive ketones (excluding diaryl/α,β-unsaturated/α-hetero) is 1. The largest absolute Gasteiger partial charge is 0.494 e. The Morgan fingerprint density at radius 3 is 2.75 bits per heavy atom. The number of ether oxygens (including phenoxy) is 2. The lowest BCUT2D eigenvalue weighted by Gasteiger charge is -2.18. The fourth-order valence-corrected chi connectivity index (χ4v) is 3.32. The number of halogens is 1. The van der Waals surface area contributed by atoms with Crippen LogP contribution in [0.4, 0.5) is 0 Å². The zero-order valence-corrected chi connectivity index (χ0v) is 16.0. The lowest BCUT2D eigenvalue weighted by molar-refractivity contribution is 0.0894. The monoisotopic (exact) mass is 402 g/mol. The topological polar surface area (TPSA) is 102 Å². The van der Waals surface area contributed by atoms with Crippen LogP contribution in [0.2, 0.25) is 5.02 Å². The Morgan fingerprint density at radius 1 is 1.43 bits per heavy atom. The number of benzene rings is 1. The van der Waals surface area contributed by atoms with Gasteiger partial charge in [-0.3, -0.25) is 14.2 Å². The van der Waals surface area contributed by atoms with Gasteiger partial charge in [-0.15, -0.1) is 0 Å². The molecule has 1 aromatic heterocycles. The predicted octanol–water partition coefficient (Wildman–Crippen LogP) is 2.83. The van der Waals surface area contributed by atoms with Crippen LogP contribution >= 0.6 is 11.6 Å². The fourth-order valence-electron chi connectivity index (χ4n) is 3.20. The van der Waals surface area contributed by atoms with Crippen molar-refractivity contribution in [3.63, 3.8) is 0 Å². The maximum absolute atomic E-state index is 12.7. The molecule has 1 unspecified atom stereocenters. The summed E-state index contributed by atoms with van der Waals surface area (Å²) in [6.45, 7) is 1.76. The van der Waals surface area contributed by atoms with E-state index in [2.05, 4.69) is 0 Å². The van der Waals surface area contributed by atoms with Gasteiger partial charge in [-0.05, 0) is 49.6 Å². The molecule has 8 heteroatoms. The van der Waals surface area contributed by atoms with Gasteiger partial charge in [0.15, 0.2) is 6.61 Å². The molecule has 0 spiro atoms. The van der Waals surface area contributed by atoms with Crippen molar-refractivity contribution < 1.29 is 19.4 Å². The van der Waals surface area contributed by atoms with Gasteiger partial charge in [0, 0.05) is 11.6 Å². The fraction of sp³-hybridized carbons (Fsp3) is 0.350. The first kappa shape index (κ1) is 19.9. The minimum absolute atomic E-state index is 0.0813. The Balaban J connectivity index is 1.92. The van der Waals surface area contributed by atoms with Crippen LogP contribution in [0.15, 0.2) is 29.1 Å². The second kappa shape index (κ2) is 8.46. The number of hydrogen-bond acceptors (Lipinski definition) is 6. The summed E-state index contributed by atoms with van der Waals surface area (Å²) in [4.78, 5) is 25.3. The Bertz CT molecular complexity index is 986. The molecular formula is C20H19ClN2O5. The molecule has 2 aromatic rings. The zero-order chi connectivity index (χ0) is 20.3. The molecule has 3 rings (SSSR count). The van der Waals surface area contributed by atoms with Crippen LogP contribution in [0, 0.1) is 18.3 Å². The van der Waals surface area contributed by atoms with E-state index in [9.17, 15) is 20.0 Å². The molecular weight excluding hydrogens is 384 g/mol. The van der Waals surface area contributed by atoms with Crippen LogP contribution in [-0.4, -0.2) is 34.8 Å². The van der Waals surface area contributed by atoms with Crippen LogP contribution in [0.3, 0.4) is 0 Å². The molecule has 1 aromatic carbocycles. The van der Waals surface area contributed by atoms with Crippen molar-refractivity contribution >= 4 is 17.4 Å². The number of carbonyl (C=O) groups is 1. The smallest absolute Gasteiger partial charge is 0.271 e. The van der Waals surface area contributed by atoms with E-state index in [-0.39, 0.29) is 35.9 Å². The number of ketones is 1. The number of nitriles is 1. The summed E-state index contributed by atoms with van der Waals surface area (Å²) in [7, 11) is 0. The number of aromatic hydroxyl groups is 1. The number of aromatic nitrogens is 1. The summed E-state index contributed by atoms with van der Waals surface area (Å²) in [6, 6.07) is 8.31. The minimum Gasteiger partial charge on any atom is -0.494 e. The normalized spacial score (nSPS) is 16.0. The molecule has 28 heavy (non-hydrogen) atoms.